The lowest BCUT2D eigenvalue weighted by Crippen LogP contribution is -2.45. The summed E-state index contributed by atoms with van der Waals surface area (Å²) in [6.07, 6.45) is -2.09. The molecule has 0 radical (unpaired) electrons. The number of nitrogens with zero attached hydrogens (tertiary/aromatic N) is 1. The molecule has 2 rings (SSSR count). The molecule has 1 heterocycles. The van der Waals surface area contributed by atoms with Crippen LogP contribution in [0.15, 0.2) is 24.3 Å². The summed E-state index contributed by atoms with van der Waals surface area (Å²) in [4.78, 5) is 25.8. The fourth-order valence-electron chi connectivity index (χ4n) is 2.79. The highest BCUT2D eigenvalue weighted by molar-refractivity contribution is 5.96. The Morgan fingerprint density at radius 3 is 2.32 bits per heavy atom. The van der Waals surface area contributed by atoms with Crippen LogP contribution in [0.1, 0.15) is 35.2 Å². The normalized spacial score (nSPS) is 15.1. The number of carbonyl (C=O) groups excluding carboxylic acids is 2. The number of nitrogens with two attached hydrogens (primary N) is 1. The molecule has 158 valence electrons. The summed E-state index contributed by atoms with van der Waals surface area (Å²) >= 11 is 0. The average molecular weight is 424 g/mol. The molecule has 0 atom stereocenters. The molecular formula is C18H25ClF3N3O3. The van der Waals surface area contributed by atoms with E-state index in [1.165, 1.54) is 0 Å². The van der Waals surface area contributed by atoms with E-state index in [1.54, 1.807) is 4.90 Å². The summed E-state index contributed by atoms with van der Waals surface area (Å²) in [5.41, 5.74) is 4.66. The van der Waals surface area contributed by atoms with Crippen LogP contribution in [0.5, 0.6) is 0 Å². The Kier molecular flexibility index (Phi) is 9.71. The number of carbonyl (C=O) groups is 2. The predicted molar refractivity (Wildman–Crippen MR) is 100 cm³/mol. The summed E-state index contributed by atoms with van der Waals surface area (Å²) in [6.45, 7) is 2.08. The van der Waals surface area contributed by atoms with Crippen molar-refractivity contribution in [1.82, 2.24) is 10.2 Å². The smallest absolute Gasteiger partial charge is 0.378 e. The second-order valence-electron chi connectivity index (χ2n) is 6.35. The number of ether oxygens (including phenoxy) is 1. The fraction of sp³-hybridized carbons (Fsp3) is 0.556. The van der Waals surface area contributed by atoms with E-state index in [1.807, 2.05) is 0 Å². The van der Waals surface area contributed by atoms with Crippen LogP contribution in [-0.4, -0.2) is 55.6 Å². The Balaban J connectivity index is 0.00000392. The lowest BCUT2D eigenvalue weighted by atomic mass is 10.1. The molecule has 1 fully saturated rings. The first-order chi connectivity index (χ1) is 12.8. The highest BCUT2D eigenvalue weighted by Gasteiger charge is 2.30. The fourth-order valence-corrected chi connectivity index (χ4v) is 2.79. The van der Waals surface area contributed by atoms with E-state index >= 15 is 0 Å². The molecule has 0 spiro atoms. The molecule has 1 saturated heterocycles. The second-order valence-corrected chi connectivity index (χ2v) is 6.35. The van der Waals surface area contributed by atoms with Gasteiger partial charge in [-0.05, 0) is 50.1 Å². The highest BCUT2D eigenvalue weighted by Crippen LogP contribution is 2.29. The van der Waals surface area contributed by atoms with Gasteiger partial charge in [-0.2, -0.15) is 13.2 Å². The number of alkyl halides is 3. The number of benzene rings is 1. The monoisotopic (exact) mass is 423 g/mol. The number of nitrogens with one attached hydrogen (secondary N) is 1. The van der Waals surface area contributed by atoms with Gasteiger partial charge in [0.1, 0.15) is 0 Å². The molecular weight excluding hydrogens is 399 g/mol. The number of likely N-dealkylation sites (tertiary alicyclic amines) is 1. The zero-order chi connectivity index (χ0) is 19.9. The van der Waals surface area contributed by atoms with Crippen LogP contribution >= 0.6 is 12.4 Å². The van der Waals surface area contributed by atoms with Crippen LogP contribution in [0, 0.1) is 0 Å². The zero-order valence-corrected chi connectivity index (χ0v) is 16.2. The minimum atomic E-state index is -4.45. The van der Waals surface area contributed by atoms with Crippen LogP contribution in [0.25, 0.3) is 0 Å². The molecule has 0 aromatic heterocycles. The standard InChI is InChI=1S/C18H24F3N3O3.ClH/c19-18(20,21)14-4-2-13(3-5-14)17(26)23-12-16(25)24-9-6-15(7-10-24)27-11-1-8-22;/h2-5,15H,1,6-12,22H2,(H,23,26);1H. The first-order valence-electron chi connectivity index (χ1n) is 8.86. The molecule has 28 heavy (non-hydrogen) atoms. The number of piperidine rings is 1. The molecule has 1 aromatic carbocycles. The molecule has 0 saturated carbocycles. The number of rotatable bonds is 7. The zero-order valence-electron chi connectivity index (χ0n) is 15.3. The van der Waals surface area contributed by atoms with Crippen LogP contribution in [-0.2, 0) is 15.7 Å². The van der Waals surface area contributed by atoms with Gasteiger partial charge in [0, 0.05) is 25.3 Å². The van der Waals surface area contributed by atoms with E-state index in [9.17, 15) is 22.8 Å². The van der Waals surface area contributed by atoms with E-state index in [-0.39, 0.29) is 36.5 Å². The topological polar surface area (TPSA) is 84.7 Å². The van der Waals surface area contributed by atoms with Gasteiger partial charge in [0.15, 0.2) is 0 Å². The van der Waals surface area contributed by atoms with Gasteiger partial charge in [-0.3, -0.25) is 9.59 Å². The van der Waals surface area contributed by atoms with Crippen LogP contribution < -0.4 is 11.1 Å². The minimum Gasteiger partial charge on any atom is -0.378 e. The van der Waals surface area contributed by atoms with Crippen LogP contribution in [0.4, 0.5) is 13.2 Å². The number of halogens is 4. The summed E-state index contributed by atoms with van der Waals surface area (Å²) in [6, 6.07) is 3.86. The van der Waals surface area contributed by atoms with Gasteiger partial charge in [-0.25, -0.2) is 0 Å². The first kappa shape index (κ1) is 24.2. The van der Waals surface area contributed by atoms with E-state index in [0.717, 1.165) is 43.5 Å². The third-order valence-corrected chi connectivity index (χ3v) is 4.37. The summed E-state index contributed by atoms with van der Waals surface area (Å²) < 4.78 is 43.3. The van der Waals surface area contributed by atoms with Crippen molar-refractivity contribution >= 4 is 24.2 Å². The maximum atomic E-state index is 12.5. The van der Waals surface area contributed by atoms with Gasteiger partial charge in [-0.15, -0.1) is 12.4 Å². The predicted octanol–water partition coefficient (Wildman–Crippen LogP) is 2.21. The van der Waals surface area contributed by atoms with Gasteiger partial charge in [0.05, 0.1) is 18.2 Å². The van der Waals surface area contributed by atoms with Gasteiger partial charge in [0.25, 0.3) is 5.91 Å². The summed E-state index contributed by atoms with van der Waals surface area (Å²) in [5.74, 6) is -0.812. The third-order valence-electron chi connectivity index (χ3n) is 4.37. The van der Waals surface area contributed by atoms with Crippen molar-refractivity contribution in [2.24, 2.45) is 5.73 Å². The highest BCUT2D eigenvalue weighted by atomic mass is 35.5. The van der Waals surface area contributed by atoms with Crippen molar-refractivity contribution in [3.05, 3.63) is 35.4 Å². The van der Waals surface area contributed by atoms with Crippen molar-refractivity contribution in [2.45, 2.75) is 31.5 Å². The van der Waals surface area contributed by atoms with Crippen molar-refractivity contribution < 1.29 is 27.5 Å². The van der Waals surface area contributed by atoms with Gasteiger partial charge in [-0.1, -0.05) is 0 Å². The molecule has 2 amide bonds. The lowest BCUT2D eigenvalue weighted by molar-refractivity contribution is -0.137. The number of hydrogen-bond donors (Lipinski definition) is 2. The number of amides is 2. The van der Waals surface area contributed by atoms with Crippen molar-refractivity contribution in [3.8, 4) is 0 Å². The SMILES string of the molecule is Cl.NCCCOC1CCN(C(=O)CNC(=O)c2ccc(C(F)(F)F)cc2)CC1. The Hall–Kier alpha value is -1.84. The Morgan fingerprint density at radius 1 is 1.18 bits per heavy atom. The first-order valence-corrected chi connectivity index (χ1v) is 8.86. The molecule has 10 heteroatoms. The molecule has 3 N–H and O–H groups in total. The van der Waals surface area contributed by atoms with Crippen LogP contribution in [0.2, 0.25) is 0 Å². The van der Waals surface area contributed by atoms with Gasteiger partial charge >= 0.3 is 6.18 Å². The Bertz CT molecular complexity index is 633. The lowest BCUT2D eigenvalue weighted by Gasteiger charge is -2.32. The summed E-state index contributed by atoms with van der Waals surface area (Å²) in [5, 5.41) is 2.45. The Morgan fingerprint density at radius 2 is 1.79 bits per heavy atom. The molecule has 0 bridgehead atoms. The molecule has 0 unspecified atom stereocenters. The molecule has 1 aromatic rings. The van der Waals surface area contributed by atoms with E-state index in [2.05, 4.69) is 5.32 Å². The Labute approximate surface area is 168 Å². The molecule has 6 nitrogen and oxygen atoms in total. The maximum absolute atomic E-state index is 12.5. The van der Waals surface area contributed by atoms with Crippen LogP contribution in [0.3, 0.4) is 0 Å². The van der Waals surface area contributed by atoms with Gasteiger partial charge < -0.3 is 20.7 Å². The van der Waals surface area contributed by atoms with Crippen molar-refractivity contribution in [1.29, 1.82) is 0 Å². The maximum Gasteiger partial charge on any atom is 0.416 e. The minimum absolute atomic E-state index is 0. The summed E-state index contributed by atoms with van der Waals surface area (Å²) in [7, 11) is 0. The third kappa shape index (κ3) is 7.29. The molecule has 1 aliphatic heterocycles. The quantitative estimate of drug-likeness (QED) is 0.658. The average Bonchev–Trinajstić information content (AvgIpc) is 2.66. The molecule has 0 aliphatic carbocycles. The van der Waals surface area contributed by atoms with Gasteiger partial charge in [0.2, 0.25) is 5.91 Å². The van der Waals surface area contributed by atoms with E-state index < -0.39 is 17.6 Å². The van der Waals surface area contributed by atoms with Crippen molar-refractivity contribution in [2.75, 3.05) is 32.8 Å². The van der Waals surface area contributed by atoms with E-state index in [0.29, 0.717) is 26.2 Å². The largest absolute Gasteiger partial charge is 0.416 e. The second kappa shape index (κ2) is 11.2. The van der Waals surface area contributed by atoms with E-state index in [4.69, 9.17) is 10.5 Å². The van der Waals surface area contributed by atoms with Crippen molar-refractivity contribution in [3.63, 3.8) is 0 Å². The molecule has 1 aliphatic rings. The number of hydrogen-bond acceptors (Lipinski definition) is 4.